The summed E-state index contributed by atoms with van der Waals surface area (Å²) in [7, 11) is 0. The zero-order valence-corrected chi connectivity index (χ0v) is 33.4. The van der Waals surface area contributed by atoms with Crippen molar-refractivity contribution in [3.63, 3.8) is 0 Å². The second-order valence-corrected chi connectivity index (χ2v) is 18.1. The smallest absolute Gasteiger partial charge is 0.188 e. The van der Waals surface area contributed by atoms with Gasteiger partial charge in [0.2, 0.25) is 0 Å². The molecule has 2 aliphatic carbocycles. The van der Waals surface area contributed by atoms with Crippen molar-refractivity contribution >= 4 is 65.3 Å². The fourth-order valence-corrected chi connectivity index (χ4v) is 11.2. The number of hydrogen-bond donors (Lipinski definition) is 0. The minimum Gasteiger partial charge on any atom is -0.308 e. The van der Waals surface area contributed by atoms with Gasteiger partial charge < -0.3 is 4.40 Å². The molecule has 2 aromatic heterocycles. The van der Waals surface area contributed by atoms with Gasteiger partial charge in [-0.15, -0.1) is 0 Å². The van der Waals surface area contributed by atoms with Gasteiger partial charge in [-0.1, -0.05) is 125 Å². The predicted octanol–water partition coefficient (Wildman–Crippen LogP) is 15.6. The van der Waals surface area contributed by atoms with Crippen molar-refractivity contribution in [2.75, 3.05) is 0 Å². The Hall–Kier alpha value is -7.21. The molecule has 276 valence electrons. The van der Waals surface area contributed by atoms with E-state index < -0.39 is 0 Å². The highest BCUT2D eigenvalue weighted by Gasteiger charge is 2.36. The quantitative estimate of drug-likeness (QED) is 0.156. The van der Waals surface area contributed by atoms with Crippen LogP contribution in [0.4, 0.5) is 5.69 Å². The summed E-state index contributed by atoms with van der Waals surface area (Å²) >= 11 is 0. The number of rotatable bonds is 2. The predicted molar refractivity (Wildman–Crippen MR) is 248 cm³/mol. The van der Waals surface area contributed by atoms with E-state index in [-0.39, 0.29) is 10.8 Å². The zero-order valence-electron chi connectivity index (χ0n) is 33.4. The Morgan fingerprint density at radius 2 is 0.814 bits per heavy atom. The molecule has 59 heavy (non-hydrogen) atoms. The van der Waals surface area contributed by atoms with Crippen LogP contribution in [0.15, 0.2) is 158 Å². The molecule has 0 bridgehead atoms. The molecule has 13 rings (SSSR count). The molecule has 0 aliphatic heterocycles. The summed E-state index contributed by atoms with van der Waals surface area (Å²) < 4.78 is 2.46. The molecule has 0 amide bonds. The van der Waals surface area contributed by atoms with E-state index in [1.54, 1.807) is 0 Å². The van der Waals surface area contributed by atoms with Gasteiger partial charge in [0.15, 0.2) is 5.69 Å². The highest BCUT2D eigenvalue weighted by molar-refractivity contribution is 6.27. The first-order valence-corrected chi connectivity index (χ1v) is 20.7. The summed E-state index contributed by atoms with van der Waals surface area (Å²) in [6.45, 7) is 17.5. The van der Waals surface area contributed by atoms with E-state index in [4.69, 9.17) is 6.57 Å². The van der Waals surface area contributed by atoms with Gasteiger partial charge in [-0.2, -0.15) is 0 Å². The lowest BCUT2D eigenvalue weighted by molar-refractivity contribution is 0.660. The minimum atomic E-state index is -0.0496. The van der Waals surface area contributed by atoms with Gasteiger partial charge in [0, 0.05) is 21.6 Å². The van der Waals surface area contributed by atoms with Gasteiger partial charge in [-0.25, -0.2) is 4.85 Å². The zero-order chi connectivity index (χ0) is 39.5. The van der Waals surface area contributed by atoms with Crippen LogP contribution in [-0.4, -0.2) is 4.40 Å². The minimum absolute atomic E-state index is 0.0496. The third-order valence-electron chi connectivity index (χ3n) is 14.3. The van der Waals surface area contributed by atoms with Crippen molar-refractivity contribution in [2.45, 2.75) is 38.5 Å². The Morgan fingerprint density at radius 3 is 1.29 bits per heavy atom. The Kier molecular flexibility index (Phi) is 6.14. The van der Waals surface area contributed by atoms with E-state index in [1.165, 1.54) is 116 Å². The number of benzene rings is 9. The van der Waals surface area contributed by atoms with Crippen molar-refractivity contribution in [1.82, 2.24) is 4.40 Å². The van der Waals surface area contributed by atoms with Crippen molar-refractivity contribution < 1.29 is 0 Å². The summed E-state index contributed by atoms with van der Waals surface area (Å²) in [5, 5.41) is 9.47. The molecule has 0 saturated carbocycles. The van der Waals surface area contributed by atoms with Crippen LogP contribution in [0.1, 0.15) is 49.9 Å². The first kappa shape index (κ1) is 32.8. The SMILES string of the molecule is [C-]#[N+]c1cc2c3cc4ccc(-c5ccc6c(c5)C(C)(C)c5ccccc5-6)cc4cc3n3c4cc5cc(-c6ccc7c(c6)C(C)(C)c6ccccc6-7)ccc5cc4c(c1)c23. The summed E-state index contributed by atoms with van der Waals surface area (Å²) in [4.78, 5) is 3.96. The van der Waals surface area contributed by atoms with Gasteiger partial charge in [0.05, 0.1) is 23.1 Å². The Morgan fingerprint density at radius 1 is 0.390 bits per heavy atom. The van der Waals surface area contributed by atoms with Crippen molar-refractivity contribution in [2.24, 2.45) is 0 Å². The van der Waals surface area contributed by atoms with Crippen molar-refractivity contribution in [3.05, 3.63) is 191 Å². The van der Waals surface area contributed by atoms with Gasteiger partial charge in [0.1, 0.15) is 0 Å². The Bertz CT molecular complexity index is 3500. The number of fused-ring (bicyclic) bond motifs is 14. The molecular formula is C57H38N2. The summed E-state index contributed by atoms with van der Waals surface area (Å²) in [6, 6.07) is 59.2. The standard InChI is InChI=1S/C57H38N2/c1-56(2)49-12-8-6-10-41(49)43-20-18-36(26-51(43)56)32-14-16-34-24-45-47-30-40(58-5)31-48-46-25-35-17-15-33(23-39(35)29-54(46)59(55(47)48)53(45)28-38(34)22-32)37-19-21-44-42-11-7-9-13-50(42)57(3,4)52(44)27-37/h6-31H,1-4H3. The summed E-state index contributed by atoms with van der Waals surface area (Å²) in [6.07, 6.45) is 0. The molecule has 2 heterocycles. The molecule has 0 N–H and O–H groups in total. The third-order valence-corrected chi connectivity index (χ3v) is 14.3. The van der Waals surface area contributed by atoms with Gasteiger partial charge in [-0.3, -0.25) is 0 Å². The Balaban J connectivity index is 0.990. The van der Waals surface area contributed by atoms with Crippen LogP contribution < -0.4 is 0 Å². The number of hydrogen-bond acceptors (Lipinski definition) is 0. The lowest BCUT2D eigenvalue weighted by Crippen LogP contribution is -2.14. The van der Waals surface area contributed by atoms with Crippen LogP contribution in [-0.2, 0) is 10.8 Å². The van der Waals surface area contributed by atoms with Crippen LogP contribution in [0.2, 0.25) is 0 Å². The summed E-state index contributed by atoms with van der Waals surface area (Å²) in [5.41, 5.74) is 20.0. The average Bonchev–Trinajstić information content (AvgIpc) is 3.91. The third kappa shape index (κ3) is 4.24. The topological polar surface area (TPSA) is 8.77 Å². The lowest BCUT2D eigenvalue weighted by Gasteiger charge is -2.22. The second kappa shape index (κ2) is 11.0. The molecule has 0 saturated heterocycles. The van der Waals surface area contributed by atoms with E-state index in [9.17, 15) is 0 Å². The second-order valence-electron chi connectivity index (χ2n) is 18.1. The Labute approximate surface area is 342 Å². The molecule has 0 spiro atoms. The van der Waals surface area contributed by atoms with Crippen LogP contribution >= 0.6 is 0 Å². The van der Waals surface area contributed by atoms with Gasteiger partial charge >= 0.3 is 0 Å². The molecule has 9 aromatic carbocycles. The maximum Gasteiger partial charge on any atom is 0.188 e. The monoisotopic (exact) mass is 750 g/mol. The highest BCUT2D eigenvalue weighted by atomic mass is 14.9. The number of aromatic nitrogens is 1. The molecule has 11 aromatic rings. The average molecular weight is 751 g/mol. The fraction of sp³-hybridized carbons (Fsp3) is 0.105. The van der Waals surface area contributed by atoms with Crippen LogP contribution in [0.25, 0.3) is 109 Å². The highest BCUT2D eigenvalue weighted by Crippen LogP contribution is 2.51. The first-order valence-electron chi connectivity index (χ1n) is 20.7. The van der Waals surface area contributed by atoms with Gasteiger partial charge in [0.25, 0.3) is 0 Å². The number of nitrogens with zero attached hydrogens (tertiary/aromatic N) is 2. The molecular weight excluding hydrogens is 713 g/mol. The van der Waals surface area contributed by atoms with Crippen molar-refractivity contribution in [1.29, 1.82) is 0 Å². The van der Waals surface area contributed by atoms with Crippen LogP contribution in [0, 0.1) is 6.57 Å². The molecule has 0 atom stereocenters. The molecule has 0 unspecified atom stereocenters. The van der Waals surface area contributed by atoms with Crippen LogP contribution in [0.3, 0.4) is 0 Å². The fourth-order valence-electron chi connectivity index (χ4n) is 11.2. The van der Waals surface area contributed by atoms with E-state index >= 15 is 0 Å². The molecule has 2 aliphatic rings. The first-order chi connectivity index (χ1) is 28.7. The van der Waals surface area contributed by atoms with E-state index in [1.807, 2.05) is 0 Å². The van der Waals surface area contributed by atoms with E-state index in [2.05, 4.69) is 195 Å². The maximum atomic E-state index is 8.06. The maximum absolute atomic E-state index is 8.06. The van der Waals surface area contributed by atoms with Crippen LogP contribution in [0.5, 0.6) is 0 Å². The van der Waals surface area contributed by atoms with E-state index in [0.29, 0.717) is 5.69 Å². The van der Waals surface area contributed by atoms with E-state index in [0.717, 1.165) is 10.8 Å². The molecule has 0 radical (unpaired) electrons. The lowest BCUT2D eigenvalue weighted by atomic mass is 9.81. The largest absolute Gasteiger partial charge is 0.308 e. The normalized spacial score (nSPS) is 14.7. The molecule has 2 heteroatoms. The summed E-state index contributed by atoms with van der Waals surface area (Å²) in [5.74, 6) is 0. The molecule has 0 fully saturated rings. The van der Waals surface area contributed by atoms with Gasteiger partial charge in [-0.05, 0) is 160 Å². The molecule has 2 nitrogen and oxygen atoms in total. The van der Waals surface area contributed by atoms with Crippen molar-refractivity contribution in [3.8, 4) is 44.5 Å².